The molecule has 0 spiro atoms. The van der Waals surface area contributed by atoms with Crippen molar-refractivity contribution in [1.82, 2.24) is 0 Å². The van der Waals surface area contributed by atoms with E-state index in [0.29, 0.717) is 17.4 Å². The van der Waals surface area contributed by atoms with Gasteiger partial charge in [0.05, 0.1) is 27.7 Å². The molecular formula is C72H131NO8P+. The molecule has 0 bridgehead atoms. The molecule has 1 N–H and O–H groups in total. The first-order valence-electron chi connectivity index (χ1n) is 34.3. The molecule has 0 aromatic carbocycles. The molecule has 0 aliphatic heterocycles. The second-order valence-corrected chi connectivity index (χ2v) is 25.6. The Balaban J connectivity index is 4.07. The quantitative estimate of drug-likeness (QED) is 0.0211. The van der Waals surface area contributed by atoms with E-state index in [1.165, 1.54) is 193 Å². The summed E-state index contributed by atoms with van der Waals surface area (Å²) in [4.78, 5) is 35.8. The Hall–Kier alpha value is -2.81. The van der Waals surface area contributed by atoms with E-state index in [1.807, 2.05) is 21.1 Å². The van der Waals surface area contributed by atoms with E-state index in [9.17, 15) is 19.0 Å². The minimum Gasteiger partial charge on any atom is -0.462 e. The lowest BCUT2D eigenvalue weighted by Gasteiger charge is -2.24. The maximum Gasteiger partial charge on any atom is 0.472 e. The van der Waals surface area contributed by atoms with E-state index in [1.54, 1.807) is 0 Å². The van der Waals surface area contributed by atoms with Gasteiger partial charge in [0.15, 0.2) is 6.10 Å². The van der Waals surface area contributed by atoms with Gasteiger partial charge in [-0.15, -0.1) is 0 Å². The van der Waals surface area contributed by atoms with E-state index in [2.05, 4.69) is 98.9 Å². The summed E-state index contributed by atoms with van der Waals surface area (Å²) in [6, 6.07) is 0. The number of rotatable bonds is 63. The van der Waals surface area contributed by atoms with Crippen molar-refractivity contribution in [2.24, 2.45) is 0 Å². The molecule has 0 rings (SSSR count). The Morgan fingerprint density at radius 1 is 0.390 bits per heavy atom. The van der Waals surface area contributed by atoms with Gasteiger partial charge in [-0.3, -0.25) is 18.6 Å². The molecule has 0 saturated heterocycles. The molecule has 2 atom stereocenters. The number of allylic oxidation sites excluding steroid dienone is 14. The summed E-state index contributed by atoms with van der Waals surface area (Å²) in [6.45, 7) is 4.31. The Labute approximate surface area is 507 Å². The zero-order chi connectivity index (χ0) is 59.8. The SMILES string of the molecule is CC/C=C\C/C=C\C/C=C\C/C=C\C/C=C\C/C=C\C/C=C\CCCCCC(=O)OC(COC(=O)CCCCCCCCCCCCCCCCCCCCCCCCCCCCCCCCCCC)COP(=O)(O)OCC[N+](C)(C)C. The van der Waals surface area contributed by atoms with Crippen molar-refractivity contribution >= 4 is 19.8 Å². The molecule has 0 aliphatic carbocycles. The predicted octanol–water partition coefficient (Wildman–Crippen LogP) is 22.2. The molecule has 0 saturated carbocycles. The summed E-state index contributed by atoms with van der Waals surface area (Å²) in [6.07, 6.45) is 85.6. The van der Waals surface area contributed by atoms with Gasteiger partial charge in [0.1, 0.15) is 19.8 Å². The van der Waals surface area contributed by atoms with E-state index in [-0.39, 0.29) is 32.0 Å². The molecule has 10 heteroatoms. The highest BCUT2D eigenvalue weighted by Crippen LogP contribution is 2.43. The largest absolute Gasteiger partial charge is 0.472 e. The van der Waals surface area contributed by atoms with Crippen LogP contribution in [0, 0.1) is 0 Å². The summed E-state index contributed by atoms with van der Waals surface area (Å²) in [5, 5.41) is 0. The molecular weight excluding hydrogens is 1040 g/mol. The number of ether oxygens (including phenoxy) is 2. The van der Waals surface area contributed by atoms with Crippen LogP contribution in [0.5, 0.6) is 0 Å². The van der Waals surface area contributed by atoms with Crippen LogP contribution < -0.4 is 0 Å². The fraction of sp³-hybridized carbons (Fsp3) is 0.778. The van der Waals surface area contributed by atoms with Gasteiger partial charge in [-0.1, -0.05) is 311 Å². The number of esters is 2. The van der Waals surface area contributed by atoms with Crippen LogP contribution in [-0.2, 0) is 32.7 Å². The van der Waals surface area contributed by atoms with Crippen LogP contribution in [0.3, 0.4) is 0 Å². The zero-order valence-corrected chi connectivity index (χ0v) is 55.1. The number of likely N-dealkylation sites (N-methyl/N-ethyl adjacent to an activating group) is 1. The molecule has 0 aromatic rings. The van der Waals surface area contributed by atoms with Crippen LogP contribution >= 0.6 is 7.82 Å². The number of hydrogen-bond donors (Lipinski definition) is 1. The molecule has 2 unspecified atom stereocenters. The average Bonchev–Trinajstić information content (AvgIpc) is 3.46. The van der Waals surface area contributed by atoms with Crippen molar-refractivity contribution in [3.63, 3.8) is 0 Å². The number of hydrogen-bond acceptors (Lipinski definition) is 7. The molecule has 0 fully saturated rings. The molecule has 0 aromatic heterocycles. The Bertz CT molecular complexity index is 1660. The third kappa shape index (κ3) is 66.3. The predicted molar refractivity (Wildman–Crippen MR) is 353 cm³/mol. The lowest BCUT2D eigenvalue weighted by Crippen LogP contribution is -2.37. The Morgan fingerprint density at radius 3 is 1.04 bits per heavy atom. The fourth-order valence-electron chi connectivity index (χ4n) is 9.71. The monoisotopic (exact) mass is 1170 g/mol. The first kappa shape index (κ1) is 79.2. The molecule has 0 aliphatic rings. The van der Waals surface area contributed by atoms with Crippen molar-refractivity contribution < 1.29 is 42.1 Å². The number of carbonyl (C=O) groups is 2. The maximum absolute atomic E-state index is 12.8. The molecule has 0 amide bonds. The molecule has 82 heavy (non-hydrogen) atoms. The van der Waals surface area contributed by atoms with Gasteiger partial charge >= 0.3 is 19.8 Å². The molecule has 0 radical (unpaired) electrons. The standard InChI is InChI=1S/C72H130NO8P/c1-6-8-10-12-14-16-18-20-22-24-26-28-30-32-33-34-35-36-37-38-39-41-42-44-46-48-50-52-54-56-58-60-62-64-71(74)78-68-70(69-80-82(76,77)79-67-66-73(3,4)5)81-72(75)65-63-61-59-57-55-53-51-49-47-45-43-40-31-29-27-25-23-21-19-17-15-13-11-9-7-2/h9,11,15,17,21,23,27,29,40,43,47,49,53,55,70H,6-8,10,12-14,16,18-20,22,24-26,28,30-39,41-42,44-46,48,50-52,54,56-69H2,1-5H3/p+1/b11-9-,17-15-,23-21-,29-27-,43-40-,49-47-,55-53-. The third-order valence-corrected chi connectivity index (χ3v) is 15.9. The second-order valence-electron chi connectivity index (χ2n) is 24.2. The number of quaternary nitrogens is 1. The highest BCUT2D eigenvalue weighted by Gasteiger charge is 2.27. The number of phosphoric ester groups is 1. The third-order valence-electron chi connectivity index (χ3n) is 14.9. The van der Waals surface area contributed by atoms with E-state index >= 15 is 0 Å². The highest BCUT2D eigenvalue weighted by atomic mass is 31.2. The van der Waals surface area contributed by atoms with Crippen LogP contribution in [0.25, 0.3) is 0 Å². The van der Waals surface area contributed by atoms with Crippen LogP contribution in [0.1, 0.15) is 309 Å². The summed E-state index contributed by atoms with van der Waals surface area (Å²) in [5.74, 6) is -0.829. The van der Waals surface area contributed by atoms with Crippen molar-refractivity contribution in [2.75, 3.05) is 47.5 Å². The summed E-state index contributed by atoms with van der Waals surface area (Å²) >= 11 is 0. The molecule has 0 heterocycles. The Kier molecular flexibility index (Phi) is 60.6. The minimum absolute atomic E-state index is 0.0220. The summed E-state index contributed by atoms with van der Waals surface area (Å²) in [5.41, 5.74) is 0. The first-order chi connectivity index (χ1) is 40.0. The van der Waals surface area contributed by atoms with Gasteiger partial charge in [-0.2, -0.15) is 0 Å². The summed E-state index contributed by atoms with van der Waals surface area (Å²) < 4.78 is 34.6. The first-order valence-corrected chi connectivity index (χ1v) is 35.8. The maximum atomic E-state index is 12.8. The number of unbranched alkanes of at least 4 members (excludes halogenated alkanes) is 35. The Morgan fingerprint density at radius 2 is 0.695 bits per heavy atom. The van der Waals surface area contributed by atoms with Gasteiger partial charge in [0.2, 0.25) is 0 Å². The van der Waals surface area contributed by atoms with Gasteiger partial charge in [-0.05, 0) is 70.6 Å². The average molecular weight is 1170 g/mol. The normalized spacial score (nSPS) is 13.7. The van der Waals surface area contributed by atoms with Crippen LogP contribution in [-0.4, -0.2) is 74.9 Å². The minimum atomic E-state index is -4.40. The lowest BCUT2D eigenvalue weighted by molar-refractivity contribution is -0.870. The van der Waals surface area contributed by atoms with Gasteiger partial charge in [-0.25, -0.2) is 4.57 Å². The van der Waals surface area contributed by atoms with Gasteiger partial charge in [0, 0.05) is 12.8 Å². The van der Waals surface area contributed by atoms with E-state index in [0.717, 1.165) is 83.5 Å². The number of carbonyl (C=O) groups excluding carboxylic acids is 2. The highest BCUT2D eigenvalue weighted by molar-refractivity contribution is 7.47. The topological polar surface area (TPSA) is 108 Å². The van der Waals surface area contributed by atoms with Crippen molar-refractivity contribution in [3.8, 4) is 0 Å². The van der Waals surface area contributed by atoms with Crippen molar-refractivity contribution in [3.05, 3.63) is 85.1 Å². The number of phosphoric acid groups is 1. The van der Waals surface area contributed by atoms with Crippen molar-refractivity contribution in [2.45, 2.75) is 315 Å². The summed E-state index contributed by atoms with van der Waals surface area (Å²) in [7, 11) is 1.45. The van der Waals surface area contributed by atoms with Gasteiger partial charge in [0.25, 0.3) is 0 Å². The van der Waals surface area contributed by atoms with E-state index in [4.69, 9.17) is 18.5 Å². The number of nitrogens with zero attached hydrogens (tertiary/aromatic N) is 1. The molecule has 476 valence electrons. The smallest absolute Gasteiger partial charge is 0.462 e. The second kappa shape index (κ2) is 62.7. The fourth-order valence-corrected chi connectivity index (χ4v) is 10.4. The lowest BCUT2D eigenvalue weighted by atomic mass is 10.0. The molecule has 9 nitrogen and oxygen atoms in total. The van der Waals surface area contributed by atoms with E-state index < -0.39 is 26.5 Å². The zero-order valence-electron chi connectivity index (χ0n) is 54.2. The van der Waals surface area contributed by atoms with Crippen LogP contribution in [0.2, 0.25) is 0 Å². The van der Waals surface area contributed by atoms with Gasteiger partial charge < -0.3 is 18.9 Å². The van der Waals surface area contributed by atoms with Crippen LogP contribution in [0.4, 0.5) is 0 Å². The van der Waals surface area contributed by atoms with Crippen molar-refractivity contribution in [1.29, 1.82) is 0 Å². The van der Waals surface area contributed by atoms with Crippen LogP contribution in [0.15, 0.2) is 85.1 Å².